The summed E-state index contributed by atoms with van der Waals surface area (Å²) in [5, 5.41) is 2.13. The van der Waals surface area contributed by atoms with Gasteiger partial charge < -0.3 is 9.47 Å². The molecule has 100 valence electrons. The number of hydrogen-bond donors (Lipinski definition) is 0. The number of nitrogens with zero attached hydrogens (tertiary/aromatic N) is 2. The molecule has 4 nitrogen and oxygen atoms in total. The van der Waals surface area contributed by atoms with E-state index in [1.807, 2.05) is 5.51 Å². The van der Waals surface area contributed by atoms with E-state index < -0.39 is 0 Å². The van der Waals surface area contributed by atoms with E-state index >= 15 is 0 Å². The molecule has 1 aromatic rings. The number of hydrogen-bond acceptors (Lipinski definition) is 5. The molecule has 0 aromatic carbocycles. The van der Waals surface area contributed by atoms with E-state index in [0.717, 1.165) is 45.4 Å². The predicted octanol–water partition coefficient (Wildman–Crippen LogP) is 2.26. The van der Waals surface area contributed by atoms with Crippen LogP contribution in [0.3, 0.4) is 0 Å². The standard InChI is InChI=1S/C13H20N2O2S/c1-15(8-11-9-18-10-14-11)12-2-4-13(5-3-12)16-6-7-17-13/h9-10,12H,2-8H2,1H3. The van der Waals surface area contributed by atoms with Crippen LogP contribution >= 0.6 is 11.3 Å². The number of ether oxygens (including phenoxy) is 2. The van der Waals surface area contributed by atoms with Crippen molar-refractivity contribution in [1.82, 2.24) is 9.88 Å². The van der Waals surface area contributed by atoms with Gasteiger partial charge in [-0.05, 0) is 19.9 Å². The molecule has 2 fully saturated rings. The second-order valence-corrected chi connectivity index (χ2v) is 5.95. The summed E-state index contributed by atoms with van der Waals surface area (Å²) in [6.07, 6.45) is 4.36. The molecule has 0 unspecified atom stereocenters. The molecule has 2 heterocycles. The highest BCUT2D eigenvalue weighted by atomic mass is 32.1. The molecule has 0 radical (unpaired) electrons. The smallest absolute Gasteiger partial charge is 0.168 e. The van der Waals surface area contributed by atoms with Crippen LogP contribution in [0.5, 0.6) is 0 Å². The molecule has 0 amide bonds. The molecule has 18 heavy (non-hydrogen) atoms. The summed E-state index contributed by atoms with van der Waals surface area (Å²) in [6, 6.07) is 0.630. The van der Waals surface area contributed by atoms with E-state index in [9.17, 15) is 0 Å². The Bertz CT molecular complexity index is 366. The third kappa shape index (κ3) is 2.59. The highest BCUT2D eigenvalue weighted by Gasteiger charge is 2.40. The zero-order valence-corrected chi connectivity index (χ0v) is 11.6. The van der Waals surface area contributed by atoms with Crippen molar-refractivity contribution >= 4 is 11.3 Å². The molecule has 2 aliphatic rings. The maximum absolute atomic E-state index is 5.76. The normalized spacial score (nSPS) is 24.1. The van der Waals surface area contributed by atoms with E-state index in [1.54, 1.807) is 11.3 Å². The maximum Gasteiger partial charge on any atom is 0.168 e. The Kier molecular flexibility index (Phi) is 3.66. The zero-order chi connectivity index (χ0) is 12.4. The first-order valence-corrected chi connectivity index (χ1v) is 7.57. The van der Waals surface area contributed by atoms with Crippen LogP contribution in [-0.4, -0.2) is 42.0 Å². The van der Waals surface area contributed by atoms with Crippen molar-refractivity contribution in [3.8, 4) is 0 Å². The van der Waals surface area contributed by atoms with Crippen molar-refractivity contribution in [2.75, 3.05) is 20.3 Å². The van der Waals surface area contributed by atoms with Crippen LogP contribution in [-0.2, 0) is 16.0 Å². The summed E-state index contributed by atoms with van der Waals surface area (Å²) in [5.74, 6) is -0.238. The van der Waals surface area contributed by atoms with Crippen LogP contribution in [0.2, 0.25) is 0 Å². The lowest BCUT2D eigenvalue weighted by Crippen LogP contribution is -2.42. The maximum atomic E-state index is 5.76. The van der Waals surface area contributed by atoms with Crippen LogP contribution in [0.4, 0.5) is 0 Å². The van der Waals surface area contributed by atoms with E-state index in [1.165, 1.54) is 5.69 Å². The van der Waals surface area contributed by atoms with Gasteiger partial charge in [0.2, 0.25) is 0 Å². The van der Waals surface area contributed by atoms with Crippen molar-refractivity contribution in [2.24, 2.45) is 0 Å². The molecule has 0 atom stereocenters. The average Bonchev–Trinajstić information content (AvgIpc) is 3.03. The highest BCUT2D eigenvalue weighted by molar-refractivity contribution is 7.07. The van der Waals surface area contributed by atoms with Crippen LogP contribution in [0, 0.1) is 0 Å². The minimum absolute atomic E-state index is 0.238. The Hall–Kier alpha value is -0.490. The van der Waals surface area contributed by atoms with Gasteiger partial charge in [0, 0.05) is 30.8 Å². The summed E-state index contributed by atoms with van der Waals surface area (Å²) in [5.41, 5.74) is 3.08. The topological polar surface area (TPSA) is 34.6 Å². The van der Waals surface area contributed by atoms with Gasteiger partial charge in [0.1, 0.15) is 0 Å². The van der Waals surface area contributed by atoms with Gasteiger partial charge in [0.25, 0.3) is 0 Å². The van der Waals surface area contributed by atoms with Crippen molar-refractivity contribution in [2.45, 2.75) is 44.1 Å². The average molecular weight is 268 g/mol. The Balaban J connectivity index is 1.52. The summed E-state index contributed by atoms with van der Waals surface area (Å²) in [6.45, 7) is 2.47. The van der Waals surface area contributed by atoms with Gasteiger partial charge in [0.05, 0.1) is 24.4 Å². The van der Waals surface area contributed by atoms with Crippen molar-refractivity contribution in [1.29, 1.82) is 0 Å². The SMILES string of the molecule is CN(Cc1cscn1)C1CCC2(CC1)OCCO2. The molecular formula is C13H20N2O2S. The molecule has 1 aromatic heterocycles. The first kappa shape index (κ1) is 12.5. The Morgan fingerprint density at radius 3 is 2.72 bits per heavy atom. The fraction of sp³-hybridized carbons (Fsp3) is 0.769. The van der Waals surface area contributed by atoms with Crippen molar-refractivity contribution < 1.29 is 9.47 Å². The van der Waals surface area contributed by atoms with Crippen LogP contribution < -0.4 is 0 Å². The van der Waals surface area contributed by atoms with Crippen LogP contribution in [0.15, 0.2) is 10.9 Å². The van der Waals surface area contributed by atoms with Crippen molar-refractivity contribution in [3.63, 3.8) is 0 Å². The molecule has 1 aliphatic carbocycles. The lowest BCUT2D eigenvalue weighted by Gasteiger charge is -2.38. The summed E-state index contributed by atoms with van der Waals surface area (Å²) in [7, 11) is 2.19. The number of rotatable bonds is 3. The van der Waals surface area contributed by atoms with Crippen LogP contribution in [0.25, 0.3) is 0 Å². The van der Waals surface area contributed by atoms with Gasteiger partial charge in [-0.15, -0.1) is 11.3 Å². The van der Waals surface area contributed by atoms with Gasteiger partial charge in [-0.25, -0.2) is 4.98 Å². The van der Waals surface area contributed by atoms with E-state index in [-0.39, 0.29) is 5.79 Å². The molecule has 1 saturated heterocycles. The second kappa shape index (κ2) is 5.25. The highest BCUT2D eigenvalue weighted by Crippen LogP contribution is 2.37. The monoisotopic (exact) mass is 268 g/mol. The first-order chi connectivity index (χ1) is 8.77. The van der Waals surface area contributed by atoms with Gasteiger partial charge >= 0.3 is 0 Å². The Morgan fingerprint density at radius 2 is 2.11 bits per heavy atom. The quantitative estimate of drug-likeness (QED) is 0.842. The Labute approximate surface area is 112 Å². The largest absolute Gasteiger partial charge is 0.348 e. The third-order valence-electron chi connectivity index (χ3n) is 4.05. The lowest BCUT2D eigenvalue weighted by atomic mass is 9.89. The van der Waals surface area contributed by atoms with Gasteiger partial charge in [-0.1, -0.05) is 0 Å². The molecule has 1 spiro atoms. The van der Waals surface area contributed by atoms with E-state index in [4.69, 9.17) is 9.47 Å². The Morgan fingerprint density at radius 1 is 1.39 bits per heavy atom. The number of aromatic nitrogens is 1. The number of thiazole rings is 1. The third-order valence-corrected chi connectivity index (χ3v) is 4.68. The molecule has 1 saturated carbocycles. The van der Waals surface area contributed by atoms with E-state index in [0.29, 0.717) is 6.04 Å². The van der Waals surface area contributed by atoms with Gasteiger partial charge in [0.15, 0.2) is 5.79 Å². The summed E-state index contributed by atoms with van der Waals surface area (Å²) < 4.78 is 11.5. The zero-order valence-electron chi connectivity index (χ0n) is 10.8. The summed E-state index contributed by atoms with van der Waals surface area (Å²) in [4.78, 5) is 6.76. The summed E-state index contributed by atoms with van der Waals surface area (Å²) >= 11 is 1.67. The minimum atomic E-state index is -0.238. The lowest BCUT2D eigenvalue weighted by molar-refractivity contribution is -0.183. The second-order valence-electron chi connectivity index (χ2n) is 5.23. The molecule has 1 aliphatic heterocycles. The molecule has 5 heteroatoms. The minimum Gasteiger partial charge on any atom is -0.348 e. The molecular weight excluding hydrogens is 248 g/mol. The fourth-order valence-electron chi connectivity index (χ4n) is 2.97. The van der Waals surface area contributed by atoms with Gasteiger partial charge in [-0.3, -0.25) is 4.90 Å². The fourth-order valence-corrected chi connectivity index (χ4v) is 3.52. The van der Waals surface area contributed by atoms with E-state index in [2.05, 4.69) is 22.3 Å². The predicted molar refractivity (Wildman–Crippen MR) is 70.5 cm³/mol. The molecule has 0 N–H and O–H groups in total. The molecule has 0 bridgehead atoms. The van der Waals surface area contributed by atoms with Gasteiger partial charge in [-0.2, -0.15) is 0 Å². The molecule has 3 rings (SSSR count). The first-order valence-electron chi connectivity index (χ1n) is 6.63. The van der Waals surface area contributed by atoms with Crippen molar-refractivity contribution in [3.05, 3.63) is 16.6 Å². The van der Waals surface area contributed by atoms with Crippen LogP contribution in [0.1, 0.15) is 31.4 Å².